The fraction of sp³-hybridized carbons (Fsp3) is 0.378. The summed E-state index contributed by atoms with van der Waals surface area (Å²) in [6.07, 6.45) is -5.70. The first-order valence-electron chi connectivity index (χ1n) is 17.6. The molecule has 362 valence electrons. The minimum atomic E-state index is -5.84. The number of aldehydes is 1. The van der Waals surface area contributed by atoms with Crippen LogP contribution in [0.2, 0.25) is 0 Å². The molecule has 66 heavy (non-hydrogen) atoms. The van der Waals surface area contributed by atoms with E-state index in [2.05, 4.69) is 19.4 Å². The van der Waals surface area contributed by atoms with Crippen molar-refractivity contribution in [2.24, 2.45) is 11.8 Å². The quantitative estimate of drug-likeness (QED) is 0.0459. The van der Waals surface area contributed by atoms with Gasteiger partial charge >= 0.3 is 47.0 Å². The number of carboxylic acids is 2. The molecule has 0 saturated heterocycles. The number of nitriles is 2. The van der Waals surface area contributed by atoms with Crippen LogP contribution < -0.4 is 18.9 Å². The van der Waals surface area contributed by atoms with Crippen molar-refractivity contribution in [3.8, 4) is 56.3 Å². The van der Waals surface area contributed by atoms with Crippen LogP contribution in [-0.2, 0) is 14.9 Å². The molecular formula is C37H34F10N4O12S3. The molecule has 4 rings (SSSR count). The Bertz CT molecular complexity index is 2370. The van der Waals surface area contributed by atoms with Gasteiger partial charge in [-0.1, -0.05) is 27.7 Å². The number of alkyl halides is 10. The second-order valence-electron chi connectivity index (χ2n) is 13.2. The van der Waals surface area contributed by atoms with Crippen LogP contribution in [-0.4, -0.2) is 89.5 Å². The summed E-state index contributed by atoms with van der Waals surface area (Å²) in [5, 5.41) is 37.6. The van der Waals surface area contributed by atoms with Crippen molar-refractivity contribution in [1.29, 1.82) is 10.5 Å². The van der Waals surface area contributed by atoms with Crippen LogP contribution >= 0.6 is 22.7 Å². The highest BCUT2D eigenvalue weighted by Gasteiger charge is 2.44. The summed E-state index contributed by atoms with van der Waals surface area (Å²) < 4.78 is 160. The zero-order valence-corrected chi connectivity index (χ0v) is 36.9. The predicted molar refractivity (Wildman–Crippen MR) is 212 cm³/mol. The van der Waals surface area contributed by atoms with E-state index in [0.717, 1.165) is 22.7 Å². The first-order chi connectivity index (χ1) is 30.3. The fourth-order valence-corrected chi connectivity index (χ4v) is 6.00. The van der Waals surface area contributed by atoms with Crippen molar-refractivity contribution >= 4 is 51.0 Å². The average molecular weight is 1010 g/mol. The summed E-state index contributed by atoms with van der Waals surface area (Å²) in [6.45, 7) is 4.78. The van der Waals surface area contributed by atoms with Crippen LogP contribution in [0.1, 0.15) is 69.6 Å². The number of nitrogens with zero attached hydrogens (tertiary/aromatic N) is 4. The van der Waals surface area contributed by atoms with Crippen molar-refractivity contribution in [3.05, 3.63) is 56.5 Å². The molecule has 0 bridgehead atoms. The van der Waals surface area contributed by atoms with Gasteiger partial charge in [0.2, 0.25) is 6.29 Å². The topological polar surface area (TPSA) is 256 Å². The van der Waals surface area contributed by atoms with Crippen molar-refractivity contribution in [3.63, 3.8) is 0 Å². The van der Waals surface area contributed by atoms with Gasteiger partial charge in [-0.15, -0.1) is 22.7 Å². The standard InChI is InChI=1S/2C17H16F2N2O4S.C2HF3O.CHF3O3S/c2*1-8(2)7-24-13-11(6-20)4-10(5-12(13)25-17(18)19)15-21-9(3)14(26-15)16(22)23;3-2(4,5)1-6;2-1(3,4)8(5,6)7/h2*4-5,8,17H,7H2,1-3H3,(H,22,23);1H;(H,5,6,7). The number of hydrogen-bond acceptors (Lipinski definition) is 15. The molecule has 0 fully saturated rings. The van der Waals surface area contributed by atoms with Gasteiger partial charge in [0.25, 0.3) is 0 Å². The molecule has 4 aromatic rings. The third-order valence-corrected chi connectivity index (χ3v) is 9.78. The molecule has 0 amide bonds. The predicted octanol–water partition coefficient (Wildman–Crippen LogP) is 9.79. The summed E-state index contributed by atoms with van der Waals surface area (Å²) in [5.74, 6) is -2.77. The van der Waals surface area contributed by atoms with Crippen molar-refractivity contribution < 1.29 is 100 Å². The average Bonchev–Trinajstić information content (AvgIpc) is 3.78. The second kappa shape index (κ2) is 24.8. The summed E-state index contributed by atoms with van der Waals surface area (Å²) >= 11 is 1.78. The van der Waals surface area contributed by atoms with Gasteiger partial charge in [-0.3, -0.25) is 9.35 Å². The monoisotopic (exact) mass is 1010 g/mol. The minimum Gasteiger partial charge on any atom is -0.488 e. The van der Waals surface area contributed by atoms with Crippen LogP contribution in [0.3, 0.4) is 0 Å². The lowest BCUT2D eigenvalue weighted by molar-refractivity contribution is -0.156. The van der Waals surface area contributed by atoms with Gasteiger partial charge in [0.05, 0.1) is 35.7 Å². The summed E-state index contributed by atoms with van der Waals surface area (Å²) in [6, 6.07) is 9.17. The number of carboxylic acid groups (broad SMARTS) is 2. The Labute approximate surface area is 375 Å². The molecule has 0 aliphatic carbocycles. The lowest BCUT2D eigenvalue weighted by atomic mass is 10.1. The Morgan fingerprint density at radius 3 is 1.23 bits per heavy atom. The number of halogens is 10. The number of carbonyl (C=O) groups is 3. The van der Waals surface area contributed by atoms with Gasteiger partial charge in [-0.2, -0.15) is 62.8 Å². The Balaban J connectivity index is 0.000000513. The molecule has 2 heterocycles. The number of aromatic carboxylic acids is 2. The lowest BCUT2D eigenvalue weighted by Crippen LogP contribution is -2.21. The molecule has 0 radical (unpaired) electrons. The maximum absolute atomic E-state index is 12.8. The molecule has 0 saturated carbocycles. The van der Waals surface area contributed by atoms with Crippen LogP contribution in [0.25, 0.3) is 21.1 Å². The van der Waals surface area contributed by atoms with Gasteiger partial charge in [-0.25, -0.2) is 19.6 Å². The maximum atomic E-state index is 12.8. The summed E-state index contributed by atoms with van der Waals surface area (Å²) in [7, 11) is -5.84. The molecule has 2 aromatic heterocycles. The zero-order valence-electron chi connectivity index (χ0n) is 34.4. The van der Waals surface area contributed by atoms with Gasteiger partial charge in [0.1, 0.15) is 31.9 Å². The Hall–Kier alpha value is -6.30. The van der Waals surface area contributed by atoms with Crippen LogP contribution in [0, 0.1) is 48.3 Å². The van der Waals surface area contributed by atoms with Gasteiger partial charge in [-0.05, 0) is 49.9 Å². The molecular weight excluding hydrogens is 979 g/mol. The van der Waals surface area contributed by atoms with Crippen LogP contribution in [0.15, 0.2) is 24.3 Å². The number of ether oxygens (including phenoxy) is 4. The molecule has 29 heteroatoms. The van der Waals surface area contributed by atoms with E-state index in [9.17, 15) is 64.0 Å². The Morgan fingerprint density at radius 1 is 0.727 bits per heavy atom. The smallest absolute Gasteiger partial charge is 0.488 e. The van der Waals surface area contributed by atoms with E-state index in [1.807, 2.05) is 39.8 Å². The zero-order chi connectivity index (χ0) is 51.1. The van der Waals surface area contributed by atoms with E-state index in [1.165, 1.54) is 38.1 Å². The summed E-state index contributed by atoms with van der Waals surface area (Å²) in [5.41, 5.74) is -4.33. The number of aryl methyl sites for hydroxylation is 2. The van der Waals surface area contributed by atoms with Crippen molar-refractivity contribution in [1.82, 2.24) is 9.97 Å². The Kier molecular flexibility index (Phi) is 21.7. The lowest BCUT2D eigenvalue weighted by Gasteiger charge is -2.16. The highest BCUT2D eigenvalue weighted by molar-refractivity contribution is 7.86. The number of hydrogen-bond donors (Lipinski definition) is 3. The van der Waals surface area contributed by atoms with Crippen molar-refractivity contribution in [2.45, 2.75) is 66.5 Å². The molecule has 0 spiro atoms. The number of rotatable bonds is 14. The maximum Gasteiger partial charge on any atom is 0.522 e. The molecule has 0 aliphatic heterocycles. The summed E-state index contributed by atoms with van der Waals surface area (Å²) in [4.78, 5) is 39.4. The third-order valence-electron chi connectivity index (χ3n) is 6.81. The number of carbonyl (C=O) groups excluding carboxylic acids is 1. The first kappa shape index (κ1) is 57.7. The number of aromatic nitrogens is 2. The highest BCUT2D eigenvalue weighted by atomic mass is 32.2. The van der Waals surface area contributed by atoms with Crippen LogP contribution in [0.5, 0.6) is 23.0 Å². The second-order valence-corrected chi connectivity index (χ2v) is 16.6. The van der Waals surface area contributed by atoms with Gasteiger partial charge in [0.15, 0.2) is 23.0 Å². The fourth-order valence-electron chi connectivity index (χ4n) is 4.22. The Morgan fingerprint density at radius 2 is 1.03 bits per heavy atom. The molecule has 0 aliphatic rings. The number of thiazole rings is 2. The van der Waals surface area contributed by atoms with E-state index in [4.69, 9.17) is 37.5 Å². The van der Waals surface area contributed by atoms with Crippen LogP contribution in [0.4, 0.5) is 43.9 Å². The van der Waals surface area contributed by atoms with E-state index in [-0.39, 0.29) is 78.9 Å². The molecule has 0 unspecified atom stereocenters. The third kappa shape index (κ3) is 18.7. The number of benzene rings is 2. The first-order valence-corrected chi connectivity index (χ1v) is 20.6. The van der Waals surface area contributed by atoms with E-state index in [1.54, 1.807) is 0 Å². The SMILES string of the molecule is Cc1nc(-c2cc(C#N)c(OCC(C)C)c(OC(F)F)c2)sc1C(=O)O.Cc1nc(-c2cc(C#N)c(OCC(C)C)c(OC(F)F)c2)sc1C(=O)O.O=CC(F)(F)F.O=S(=O)(O)C(F)(F)F. The molecule has 16 nitrogen and oxygen atoms in total. The molecule has 3 N–H and O–H groups in total. The van der Waals surface area contributed by atoms with Gasteiger partial charge < -0.3 is 29.2 Å². The van der Waals surface area contributed by atoms with Gasteiger partial charge in [0, 0.05) is 11.1 Å². The normalized spacial score (nSPS) is 11.3. The molecule has 2 aromatic carbocycles. The largest absolute Gasteiger partial charge is 0.522 e. The van der Waals surface area contributed by atoms with Crippen molar-refractivity contribution in [2.75, 3.05) is 13.2 Å². The molecule has 0 atom stereocenters. The van der Waals surface area contributed by atoms with E-state index >= 15 is 0 Å². The van der Waals surface area contributed by atoms with E-state index in [0.29, 0.717) is 22.5 Å². The highest BCUT2D eigenvalue weighted by Crippen LogP contribution is 2.41. The minimum absolute atomic E-state index is 0.00327. The van der Waals surface area contributed by atoms with E-state index < -0.39 is 53.3 Å².